The van der Waals surface area contributed by atoms with E-state index in [1.807, 2.05) is 12.2 Å². The lowest BCUT2D eigenvalue weighted by Crippen LogP contribution is -2.45. The molecule has 2 atom stereocenters. The van der Waals surface area contributed by atoms with E-state index in [9.17, 15) is 14.0 Å². The first-order valence-electron chi connectivity index (χ1n) is 10.1. The van der Waals surface area contributed by atoms with Crippen molar-refractivity contribution in [2.24, 2.45) is 11.3 Å². The third kappa shape index (κ3) is 7.16. The quantitative estimate of drug-likeness (QED) is 0.414. The Morgan fingerprint density at radius 3 is 2.19 bits per heavy atom. The minimum Gasteiger partial charge on any atom is -0.465 e. The Bertz CT molecular complexity index is 910. The number of anilines is 2. The molecule has 2 aromatic carbocycles. The van der Waals surface area contributed by atoms with Crippen molar-refractivity contribution in [3.8, 4) is 11.5 Å². The van der Waals surface area contributed by atoms with Gasteiger partial charge in [0.15, 0.2) is 5.82 Å². The van der Waals surface area contributed by atoms with Gasteiger partial charge in [-0.15, -0.1) is 0 Å². The van der Waals surface area contributed by atoms with Crippen molar-refractivity contribution < 1.29 is 23.8 Å². The number of halogens is 1. The van der Waals surface area contributed by atoms with Crippen LogP contribution in [0.4, 0.5) is 25.4 Å². The third-order valence-corrected chi connectivity index (χ3v) is 5.26. The normalized spacial score (nSPS) is 13.1. The van der Waals surface area contributed by atoms with Gasteiger partial charge in [-0.25, -0.2) is 14.0 Å². The van der Waals surface area contributed by atoms with Crippen LogP contribution in [0.1, 0.15) is 41.0 Å². The lowest BCUT2D eigenvalue weighted by Gasteiger charge is -2.34. The molecule has 8 heteroatoms. The van der Waals surface area contributed by atoms with Gasteiger partial charge in [-0.05, 0) is 54.2 Å². The van der Waals surface area contributed by atoms with Crippen LogP contribution >= 0.6 is 0 Å². The summed E-state index contributed by atoms with van der Waals surface area (Å²) in [5, 5.41) is 16.5. The molecular formula is C23H30FN3O4. The number of nitrogens with one attached hydrogen (secondary N) is 3. The van der Waals surface area contributed by atoms with E-state index in [0.717, 1.165) is 12.5 Å². The maximum atomic E-state index is 13.9. The summed E-state index contributed by atoms with van der Waals surface area (Å²) >= 11 is 0. The van der Waals surface area contributed by atoms with E-state index >= 15 is 0 Å². The first kappa shape index (κ1) is 24.0. The Balaban J connectivity index is 1.96. The summed E-state index contributed by atoms with van der Waals surface area (Å²) in [4.78, 5) is 23.0. The Morgan fingerprint density at radius 1 is 1.06 bits per heavy atom. The number of hydrogen-bond donors (Lipinski definition) is 4. The largest absolute Gasteiger partial charge is 0.465 e. The Labute approximate surface area is 182 Å². The predicted octanol–water partition coefficient (Wildman–Crippen LogP) is 6.29. The van der Waals surface area contributed by atoms with E-state index in [2.05, 4.69) is 38.3 Å². The fourth-order valence-electron chi connectivity index (χ4n) is 3.04. The molecule has 0 radical (unpaired) electrons. The van der Waals surface area contributed by atoms with E-state index in [4.69, 9.17) is 9.84 Å². The third-order valence-electron chi connectivity index (χ3n) is 5.26. The molecule has 0 aromatic heterocycles. The molecule has 0 saturated carbocycles. The van der Waals surface area contributed by atoms with Gasteiger partial charge in [0, 0.05) is 17.8 Å². The van der Waals surface area contributed by atoms with Crippen LogP contribution in [0.2, 0.25) is 0 Å². The van der Waals surface area contributed by atoms with E-state index in [0.29, 0.717) is 17.4 Å². The highest BCUT2D eigenvalue weighted by atomic mass is 19.1. The second-order valence-electron chi connectivity index (χ2n) is 8.47. The molecule has 0 heterocycles. The maximum Gasteiger partial charge on any atom is 0.409 e. The van der Waals surface area contributed by atoms with Crippen LogP contribution in [0.25, 0.3) is 0 Å². The molecule has 7 nitrogen and oxygen atoms in total. The first-order valence-corrected chi connectivity index (χ1v) is 10.1. The minimum atomic E-state index is -1.35. The van der Waals surface area contributed by atoms with Crippen molar-refractivity contribution in [3.05, 3.63) is 48.3 Å². The van der Waals surface area contributed by atoms with Crippen molar-refractivity contribution in [2.75, 3.05) is 10.6 Å². The summed E-state index contributed by atoms with van der Waals surface area (Å²) in [7, 11) is 0. The summed E-state index contributed by atoms with van der Waals surface area (Å²) in [5.74, 6) is 0.215. The molecule has 168 valence electrons. The predicted molar refractivity (Wildman–Crippen MR) is 119 cm³/mol. The second kappa shape index (κ2) is 10.1. The van der Waals surface area contributed by atoms with Crippen molar-refractivity contribution in [1.29, 1.82) is 0 Å². The number of carboxylic acid groups (broad SMARTS) is 1. The van der Waals surface area contributed by atoms with Gasteiger partial charge >= 0.3 is 12.1 Å². The molecule has 3 amide bonds. The van der Waals surface area contributed by atoms with Gasteiger partial charge in [-0.2, -0.15) is 0 Å². The molecule has 0 aliphatic rings. The monoisotopic (exact) mass is 431 g/mol. The number of rotatable bonds is 7. The van der Waals surface area contributed by atoms with Crippen molar-refractivity contribution >= 4 is 23.5 Å². The average Bonchev–Trinajstić information content (AvgIpc) is 2.68. The molecular weight excluding hydrogens is 401 g/mol. The highest BCUT2D eigenvalue weighted by molar-refractivity contribution is 5.89. The molecule has 0 bridgehead atoms. The summed E-state index contributed by atoms with van der Waals surface area (Å²) in [6.45, 7) is 10.6. The number of urea groups is 1. The summed E-state index contributed by atoms with van der Waals surface area (Å²) in [5.41, 5.74) is 0.515. The number of carbonyl (C=O) groups is 2. The number of ether oxygens (including phenoxy) is 1. The van der Waals surface area contributed by atoms with Crippen LogP contribution in [-0.4, -0.2) is 23.3 Å². The van der Waals surface area contributed by atoms with Gasteiger partial charge in [0.2, 0.25) is 0 Å². The first-order chi connectivity index (χ1) is 14.5. The Hall–Kier alpha value is -3.29. The number of carbonyl (C=O) groups excluding carboxylic acids is 1. The summed E-state index contributed by atoms with van der Waals surface area (Å²) in [6, 6.07) is 10.2. The van der Waals surface area contributed by atoms with Crippen LogP contribution in [0, 0.1) is 17.2 Å². The van der Waals surface area contributed by atoms with Crippen LogP contribution in [-0.2, 0) is 0 Å². The second-order valence-corrected chi connectivity index (χ2v) is 8.47. The molecule has 0 fully saturated rings. The zero-order chi connectivity index (χ0) is 23.2. The van der Waals surface area contributed by atoms with Gasteiger partial charge in [0.25, 0.3) is 0 Å². The number of benzene rings is 2. The summed E-state index contributed by atoms with van der Waals surface area (Å²) < 4.78 is 19.5. The maximum absolute atomic E-state index is 13.9. The fourth-order valence-corrected chi connectivity index (χ4v) is 3.04. The standard InChI is InChI=1S/C23H30FN3O4/c1-6-19(14(2)23(3,4)5)26-21(28)25-15-7-9-16(10-8-15)31-17-11-12-20(18(24)13-17)27-22(29)30/h7-14,19,27H,6H2,1-5H3,(H,29,30)(H2,25,26,28). The van der Waals surface area contributed by atoms with Gasteiger partial charge in [0.1, 0.15) is 11.5 Å². The molecule has 0 aliphatic heterocycles. The number of hydrogen-bond acceptors (Lipinski definition) is 3. The molecule has 2 rings (SSSR count). The van der Waals surface area contributed by atoms with Gasteiger partial charge in [-0.1, -0.05) is 34.6 Å². The zero-order valence-corrected chi connectivity index (χ0v) is 18.5. The lowest BCUT2D eigenvalue weighted by molar-refractivity contribution is 0.191. The Kier molecular flexibility index (Phi) is 7.85. The molecule has 0 spiro atoms. The highest BCUT2D eigenvalue weighted by Crippen LogP contribution is 2.30. The van der Waals surface area contributed by atoms with Crippen LogP contribution in [0.3, 0.4) is 0 Å². The fraction of sp³-hybridized carbons (Fsp3) is 0.391. The van der Waals surface area contributed by atoms with Gasteiger partial charge in [0.05, 0.1) is 5.69 Å². The molecule has 2 unspecified atom stereocenters. The molecule has 4 N–H and O–H groups in total. The molecule has 0 saturated heterocycles. The topological polar surface area (TPSA) is 99.7 Å². The number of amides is 3. The van der Waals surface area contributed by atoms with Crippen LogP contribution in [0.5, 0.6) is 11.5 Å². The molecule has 0 aliphatic carbocycles. The van der Waals surface area contributed by atoms with E-state index in [1.54, 1.807) is 24.3 Å². The van der Waals surface area contributed by atoms with Crippen molar-refractivity contribution in [2.45, 2.75) is 47.1 Å². The SMILES string of the molecule is CCC(NC(=O)Nc1ccc(Oc2ccc(NC(=O)O)c(F)c2)cc1)C(C)C(C)(C)C. The Morgan fingerprint density at radius 2 is 1.68 bits per heavy atom. The molecule has 2 aromatic rings. The highest BCUT2D eigenvalue weighted by Gasteiger charge is 2.28. The van der Waals surface area contributed by atoms with E-state index in [-0.39, 0.29) is 28.9 Å². The zero-order valence-electron chi connectivity index (χ0n) is 18.5. The van der Waals surface area contributed by atoms with Crippen molar-refractivity contribution in [1.82, 2.24) is 5.32 Å². The van der Waals surface area contributed by atoms with E-state index < -0.39 is 11.9 Å². The van der Waals surface area contributed by atoms with E-state index in [1.165, 1.54) is 12.1 Å². The van der Waals surface area contributed by atoms with Gasteiger partial charge in [-0.3, -0.25) is 5.32 Å². The van der Waals surface area contributed by atoms with Crippen LogP contribution < -0.4 is 20.7 Å². The average molecular weight is 432 g/mol. The van der Waals surface area contributed by atoms with Crippen LogP contribution in [0.15, 0.2) is 42.5 Å². The summed E-state index contributed by atoms with van der Waals surface area (Å²) in [6.07, 6.45) is -0.520. The lowest BCUT2D eigenvalue weighted by atomic mass is 9.77. The van der Waals surface area contributed by atoms with Crippen molar-refractivity contribution in [3.63, 3.8) is 0 Å². The van der Waals surface area contributed by atoms with Gasteiger partial charge < -0.3 is 20.5 Å². The molecule has 31 heavy (non-hydrogen) atoms. The minimum absolute atomic E-state index is 0.0519. The smallest absolute Gasteiger partial charge is 0.409 e.